The molecule has 0 saturated carbocycles. The molecule has 4 rings (SSSR count). The van der Waals surface area contributed by atoms with Gasteiger partial charge >= 0.3 is 5.63 Å². The second-order valence-electron chi connectivity index (χ2n) is 6.21. The van der Waals surface area contributed by atoms with E-state index >= 15 is 0 Å². The van der Waals surface area contributed by atoms with Gasteiger partial charge < -0.3 is 14.4 Å². The Kier molecular flexibility index (Phi) is 4.89. The van der Waals surface area contributed by atoms with Crippen LogP contribution in [0.25, 0.3) is 22.1 Å². The molecule has 5 heteroatoms. The fourth-order valence-electron chi connectivity index (χ4n) is 2.95. The van der Waals surface area contributed by atoms with Crippen LogP contribution in [0.4, 0.5) is 0 Å². The fourth-order valence-corrected chi connectivity index (χ4v) is 2.95. The highest BCUT2D eigenvalue weighted by Crippen LogP contribution is 2.20. The SMILES string of the molecule is O=c1oc2ccccc2cc1OC/C(=N\O)c1ccc(-c2ccccc2)cc1. The molecule has 5 nitrogen and oxygen atoms in total. The van der Waals surface area contributed by atoms with E-state index in [9.17, 15) is 10.0 Å². The molecule has 1 heterocycles. The second kappa shape index (κ2) is 7.80. The third-order valence-electron chi connectivity index (χ3n) is 4.42. The van der Waals surface area contributed by atoms with Gasteiger partial charge in [-0.2, -0.15) is 0 Å². The summed E-state index contributed by atoms with van der Waals surface area (Å²) >= 11 is 0. The molecular weight excluding hydrogens is 354 g/mol. The second-order valence-corrected chi connectivity index (χ2v) is 6.21. The van der Waals surface area contributed by atoms with Crippen LogP contribution in [-0.4, -0.2) is 17.5 Å². The van der Waals surface area contributed by atoms with Crippen molar-refractivity contribution in [3.63, 3.8) is 0 Å². The Labute approximate surface area is 161 Å². The lowest BCUT2D eigenvalue weighted by molar-refractivity contribution is 0.305. The molecule has 3 aromatic carbocycles. The molecule has 0 radical (unpaired) electrons. The number of para-hydroxylation sites is 1. The monoisotopic (exact) mass is 371 g/mol. The molecule has 0 aliphatic heterocycles. The highest BCUT2D eigenvalue weighted by atomic mass is 16.5. The molecule has 1 aromatic heterocycles. The number of nitrogens with zero attached hydrogens (tertiary/aromatic N) is 1. The van der Waals surface area contributed by atoms with Crippen LogP contribution in [0.1, 0.15) is 5.56 Å². The molecule has 28 heavy (non-hydrogen) atoms. The lowest BCUT2D eigenvalue weighted by Gasteiger charge is -2.09. The first-order valence-electron chi connectivity index (χ1n) is 8.77. The van der Waals surface area contributed by atoms with Gasteiger partial charge in [-0.1, -0.05) is 78.0 Å². The largest absolute Gasteiger partial charge is 0.480 e. The number of hydrogen-bond acceptors (Lipinski definition) is 5. The Bertz CT molecular complexity index is 1180. The van der Waals surface area contributed by atoms with Gasteiger partial charge in [0.1, 0.15) is 17.9 Å². The van der Waals surface area contributed by atoms with Crippen molar-refractivity contribution < 1.29 is 14.4 Å². The number of oxime groups is 1. The zero-order valence-corrected chi connectivity index (χ0v) is 14.9. The van der Waals surface area contributed by atoms with Crippen molar-refractivity contribution in [1.82, 2.24) is 0 Å². The molecule has 0 unspecified atom stereocenters. The van der Waals surface area contributed by atoms with Gasteiger partial charge in [-0.05, 0) is 23.3 Å². The van der Waals surface area contributed by atoms with Crippen molar-refractivity contribution in [1.29, 1.82) is 0 Å². The molecule has 0 bridgehead atoms. The maximum Gasteiger partial charge on any atom is 0.379 e. The first kappa shape index (κ1) is 17.5. The average molecular weight is 371 g/mol. The fraction of sp³-hybridized carbons (Fsp3) is 0.0435. The van der Waals surface area contributed by atoms with E-state index in [4.69, 9.17) is 9.15 Å². The number of rotatable bonds is 5. The van der Waals surface area contributed by atoms with E-state index in [1.54, 1.807) is 18.2 Å². The van der Waals surface area contributed by atoms with Gasteiger partial charge in [-0.15, -0.1) is 0 Å². The van der Waals surface area contributed by atoms with Gasteiger partial charge in [0.15, 0.2) is 0 Å². The molecular formula is C23H17NO4. The van der Waals surface area contributed by atoms with Crippen LogP contribution in [0, 0.1) is 0 Å². The maximum atomic E-state index is 12.1. The number of ether oxygens (including phenoxy) is 1. The van der Waals surface area contributed by atoms with Crippen LogP contribution in [0.5, 0.6) is 5.75 Å². The smallest absolute Gasteiger partial charge is 0.379 e. The topological polar surface area (TPSA) is 72.0 Å². The van der Waals surface area contributed by atoms with Crippen LogP contribution < -0.4 is 10.4 Å². The standard InChI is InChI=1S/C23H17NO4/c25-23-22(14-19-8-4-5-9-21(19)28-23)27-15-20(24-26)18-12-10-17(11-13-18)16-6-2-1-3-7-16/h1-14,26H,15H2/b24-20+. The van der Waals surface area contributed by atoms with Gasteiger partial charge in [0.25, 0.3) is 0 Å². The average Bonchev–Trinajstić information content (AvgIpc) is 2.75. The van der Waals surface area contributed by atoms with E-state index in [-0.39, 0.29) is 12.4 Å². The number of benzene rings is 3. The Morgan fingerprint density at radius 2 is 1.57 bits per heavy atom. The number of fused-ring (bicyclic) bond motifs is 1. The van der Waals surface area contributed by atoms with Crippen LogP contribution in [0.2, 0.25) is 0 Å². The van der Waals surface area contributed by atoms with Gasteiger partial charge in [0, 0.05) is 10.9 Å². The minimum Gasteiger partial charge on any atom is -0.480 e. The quantitative estimate of drug-likeness (QED) is 0.238. The van der Waals surface area contributed by atoms with E-state index in [1.807, 2.05) is 66.7 Å². The predicted octanol–water partition coefficient (Wildman–Crippen LogP) is 4.72. The van der Waals surface area contributed by atoms with Crippen molar-refractivity contribution in [2.24, 2.45) is 5.16 Å². The van der Waals surface area contributed by atoms with Gasteiger partial charge in [-0.25, -0.2) is 4.79 Å². The normalized spacial score (nSPS) is 11.5. The molecule has 1 N–H and O–H groups in total. The van der Waals surface area contributed by atoms with Gasteiger partial charge in [0.2, 0.25) is 5.75 Å². The minimum absolute atomic E-state index is 0.0652. The summed E-state index contributed by atoms with van der Waals surface area (Å²) in [5, 5.41) is 13.5. The van der Waals surface area contributed by atoms with Gasteiger partial charge in [-0.3, -0.25) is 0 Å². The van der Waals surface area contributed by atoms with Crippen LogP contribution in [0.15, 0.2) is 99.3 Å². The third-order valence-corrected chi connectivity index (χ3v) is 4.42. The Balaban J connectivity index is 1.53. The summed E-state index contributed by atoms with van der Waals surface area (Å²) in [5.74, 6) is 0.0701. The molecule has 0 spiro atoms. The molecule has 0 fully saturated rings. The zero-order chi connectivity index (χ0) is 19.3. The van der Waals surface area contributed by atoms with E-state index in [0.717, 1.165) is 16.5 Å². The van der Waals surface area contributed by atoms with E-state index in [1.165, 1.54) is 0 Å². The summed E-state index contributed by atoms with van der Waals surface area (Å²) < 4.78 is 10.8. The lowest BCUT2D eigenvalue weighted by Crippen LogP contribution is -2.16. The molecule has 0 saturated heterocycles. The molecule has 138 valence electrons. The van der Waals surface area contributed by atoms with E-state index < -0.39 is 5.63 Å². The summed E-state index contributed by atoms with van der Waals surface area (Å²) in [6.07, 6.45) is 0. The summed E-state index contributed by atoms with van der Waals surface area (Å²) in [6.45, 7) is -0.0652. The van der Waals surface area contributed by atoms with Crippen LogP contribution in [0.3, 0.4) is 0 Å². The van der Waals surface area contributed by atoms with E-state index in [0.29, 0.717) is 16.9 Å². The van der Waals surface area contributed by atoms with Crippen molar-refractivity contribution in [2.45, 2.75) is 0 Å². The third kappa shape index (κ3) is 3.64. The van der Waals surface area contributed by atoms with E-state index in [2.05, 4.69) is 5.16 Å². The summed E-state index contributed by atoms with van der Waals surface area (Å²) in [7, 11) is 0. The van der Waals surface area contributed by atoms with Crippen LogP contribution in [-0.2, 0) is 0 Å². The zero-order valence-electron chi connectivity index (χ0n) is 14.9. The van der Waals surface area contributed by atoms with Crippen LogP contribution >= 0.6 is 0 Å². The Morgan fingerprint density at radius 3 is 2.32 bits per heavy atom. The molecule has 0 atom stereocenters. The first-order valence-corrected chi connectivity index (χ1v) is 8.77. The minimum atomic E-state index is -0.574. The summed E-state index contributed by atoms with van der Waals surface area (Å²) in [5.41, 5.74) is 3.08. The predicted molar refractivity (Wildman–Crippen MR) is 108 cm³/mol. The van der Waals surface area contributed by atoms with Crippen molar-refractivity contribution in [3.8, 4) is 16.9 Å². The van der Waals surface area contributed by atoms with Crippen molar-refractivity contribution >= 4 is 16.7 Å². The Hall–Kier alpha value is -3.86. The lowest BCUT2D eigenvalue weighted by atomic mass is 10.0. The van der Waals surface area contributed by atoms with Gasteiger partial charge in [0.05, 0.1) is 0 Å². The Morgan fingerprint density at radius 1 is 0.893 bits per heavy atom. The highest BCUT2D eigenvalue weighted by Gasteiger charge is 2.10. The summed E-state index contributed by atoms with van der Waals surface area (Å²) in [4.78, 5) is 12.1. The van der Waals surface area contributed by atoms with Crippen molar-refractivity contribution in [3.05, 3.63) is 101 Å². The number of hydrogen-bond donors (Lipinski definition) is 1. The maximum absolute atomic E-state index is 12.1. The molecule has 0 amide bonds. The van der Waals surface area contributed by atoms with Crippen molar-refractivity contribution in [2.75, 3.05) is 6.61 Å². The molecule has 4 aromatic rings. The molecule has 0 aliphatic rings. The molecule has 0 aliphatic carbocycles. The summed E-state index contributed by atoms with van der Waals surface area (Å²) in [6, 6.07) is 26.4. The first-order chi connectivity index (χ1) is 13.7. The highest BCUT2D eigenvalue weighted by molar-refractivity contribution is 6.01.